The number of halogens is 1. The lowest BCUT2D eigenvalue weighted by atomic mass is 10.0. The maximum absolute atomic E-state index is 5.96. The Kier molecular flexibility index (Phi) is 5.01. The highest BCUT2D eigenvalue weighted by Crippen LogP contribution is 2.21. The Morgan fingerprint density at radius 2 is 1.55 bits per heavy atom. The third-order valence-corrected chi connectivity index (χ3v) is 4.72. The van der Waals surface area contributed by atoms with Gasteiger partial charge in [0, 0.05) is 43.4 Å². The van der Waals surface area contributed by atoms with Crippen LogP contribution in [0, 0.1) is 0 Å². The van der Waals surface area contributed by atoms with Crippen molar-refractivity contribution >= 4 is 17.3 Å². The second kappa shape index (κ2) is 7.17. The standard InChI is InChI=1S/C19H23ClN2/c1-16(17-5-3-2-4-6-17)15-21-11-13-22(14-12-21)19-9-7-18(20)8-10-19/h2-10,16H,11-15H2,1H3/t16-/m1/s1. The number of benzene rings is 2. The Hall–Kier alpha value is -1.51. The van der Waals surface area contributed by atoms with E-state index in [-0.39, 0.29) is 0 Å². The molecular weight excluding hydrogens is 292 g/mol. The molecule has 3 heteroatoms. The lowest BCUT2D eigenvalue weighted by Crippen LogP contribution is -2.47. The van der Waals surface area contributed by atoms with Gasteiger partial charge in [-0.15, -0.1) is 0 Å². The predicted octanol–water partition coefficient (Wildman–Crippen LogP) is 4.27. The molecule has 0 bridgehead atoms. The van der Waals surface area contributed by atoms with Crippen molar-refractivity contribution in [3.8, 4) is 0 Å². The Labute approximate surface area is 138 Å². The van der Waals surface area contributed by atoms with E-state index in [1.165, 1.54) is 11.3 Å². The third-order valence-electron chi connectivity index (χ3n) is 4.46. The van der Waals surface area contributed by atoms with Crippen LogP contribution in [-0.4, -0.2) is 37.6 Å². The zero-order valence-corrected chi connectivity index (χ0v) is 13.8. The monoisotopic (exact) mass is 314 g/mol. The largest absolute Gasteiger partial charge is 0.369 e. The van der Waals surface area contributed by atoms with Gasteiger partial charge in [0.1, 0.15) is 0 Å². The van der Waals surface area contributed by atoms with Crippen molar-refractivity contribution in [3.05, 3.63) is 65.2 Å². The Morgan fingerprint density at radius 3 is 2.18 bits per heavy atom. The van der Waals surface area contributed by atoms with Crippen molar-refractivity contribution in [2.75, 3.05) is 37.6 Å². The van der Waals surface area contributed by atoms with Crippen LogP contribution in [0.15, 0.2) is 54.6 Å². The van der Waals surface area contributed by atoms with E-state index < -0.39 is 0 Å². The molecule has 116 valence electrons. The van der Waals surface area contributed by atoms with Crippen LogP contribution in [0.3, 0.4) is 0 Å². The van der Waals surface area contributed by atoms with E-state index in [0.29, 0.717) is 5.92 Å². The normalized spacial score (nSPS) is 17.5. The quantitative estimate of drug-likeness (QED) is 0.831. The number of nitrogens with zero attached hydrogens (tertiary/aromatic N) is 2. The van der Waals surface area contributed by atoms with Crippen molar-refractivity contribution in [1.82, 2.24) is 4.90 Å². The van der Waals surface area contributed by atoms with E-state index in [4.69, 9.17) is 11.6 Å². The molecule has 0 aliphatic carbocycles. The van der Waals surface area contributed by atoms with Gasteiger partial charge in [0.25, 0.3) is 0 Å². The van der Waals surface area contributed by atoms with Crippen molar-refractivity contribution in [3.63, 3.8) is 0 Å². The van der Waals surface area contributed by atoms with Gasteiger partial charge >= 0.3 is 0 Å². The Balaban J connectivity index is 1.52. The molecule has 22 heavy (non-hydrogen) atoms. The minimum atomic E-state index is 0.586. The topological polar surface area (TPSA) is 6.48 Å². The molecule has 2 aromatic carbocycles. The maximum atomic E-state index is 5.96. The molecule has 0 spiro atoms. The lowest BCUT2D eigenvalue weighted by molar-refractivity contribution is 0.246. The number of piperazine rings is 1. The highest BCUT2D eigenvalue weighted by atomic mass is 35.5. The molecule has 1 aliphatic rings. The summed E-state index contributed by atoms with van der Waals surface area (Å²) in [6, 6.07) is 19.0. The van der Waals surface area contributed by atoms with E-state index in [0.717, 1.165) is 37.7 Å². The summed E-state index contributed by atoms with van der Waals surface area (Å²) in [4.78, 5) is 5.02. The van der Waals surface area contributed by atoms with E-state index >= 15 is 0 Å². The Morgan fingerprint density at radius 1 is 0.909 bits per heavy atom. The first-order valence-corrected chi connectivity index (χ1v) is 8.38. The zero-order chi connectivity index (χ0) is 15.4. The summed E-state index contributed by atoms with van der Waals surface area (Å²) >= 11 is 5.96. The number of anilines is 1. The zero-order valence-electron chi connectivity index (χ0n) is 13.1. The number of hydrogen-bond acceptors (Lipinski definition) is 2. The molecular formula is C19H23ClN2. The molecule has 1 aliphatic heterocycles. The molecule has 2 nitrogen and oxygen atoms in total. The van der Waals surface area contributed by atoms with Gasteiger partial charge in [-0.05, 0) is 35.7 Å². The molecule has 0 N–H and O–H groups in total. The van der Waals surface area contributed by atoms with Crippen LogP contribution in [0.5, 0.6) is 0 Å². The van der Waals surface area contributed by atoms with Gasteiger partial charge in [-0.2, -0.15) is 0 Å². The summed E-state index contributed by atoms with van der Waals surface area (Å²) in [5.41, 5.74) is 2.71. The summed E-state index contributed by atoms with van der Waals surface area (Å²) in [6.45, 7) is 7.88. The number of rotatable bonds is 4. The van der Waals surface area contributed by atoms with Gasteiger partial charge in [-0.25, -0.2) is 0 Å². The first kappa shape index (κ1) is 15.4. The first-order chi connectivity index (χ1) is 10.7. The molecule has 0 unspecified atom stereocenters. The van der Waals surface area contributed by atoms with Crippen molar-refractivity contribution in [2.24, 2.45) is 0 Å². The van der Waals surface area contributed by atoms with Crippen LogP contribution in [-0.2, 0) is 0 Å². The van der Waals surface area contributed by atoms with Gasteiger partial charge in [0.2, 0.25) is 0 Å². The molecule has 0 saturated carbocycles. The lowest BCUT2D eigenvalue weighted by Gasteiger charge is -2.37. The smallest absolute Gasteiger partial charge is 0.0407 e. The summed E-state index contributed by atoms with van der Waals surface area (Å²) < 4.78 is 0. The average molecular weight is 315 g/mol. The summed E-state index contributed by atoms with van der Waals surface area (Å²) in [5, 5.41) is 0.805. The van der Waals surface area contributed by atoms with Gasteiger partial charge in [0.15, 0.2) is 0 Å². The highest BCUT2D eigenvalue weighted by molar-refractivity contribution is 6.30. The Bertz CT molecular complexity index is 574. The summed E-state index contributed by atoms with van der Waals surface area (Å²) in [5.74, 6) is 0.586. The number of hydrogen-bond donors (Lipinski definition) is 0. The maximum Gasteiger partial charge on any atom is 0.0407 e. The third kappa shape index (κ3) is 3.82. The minimum Gasteiger partial charge on any atom is -0.369 e. The van der Waals surface area contributed by atoms with Crippen LogP contribution in [0.4, 0.5) is 5.69 Å². The van der Waals surface area contributed by atoms with Gasteiger partial charge in [-0.3, -0.25) is 4.90 Å². The van der Waals surface area contributed by atoms with E-state index in [1.807, 2.05) is 12.1 Å². The highest BCUT2D eigenvalue weighted by Gasteiger charge is 2.19. The predicted molar refractivity (Wildman–Crippen MR) is 95.0 cm³/mol. The molecule has 3 rings (SSSR count). The van der Waals surface area contributed by atoms with Crippen LogP contribution in [0.2, 0.25) is 5.02 Å². The molecule has 1 heterocycles. The molecule has 0 amide bonds. The first-order valence-electron chi connectivity index (χ1n) is 8.00. The van der Waals surface area contributed by atoms with E-state index in [9.17, 15) is 0 Å². The van der Waals surface area contributed by atoms with E-state index in [1.54, 1.807) is 0 Å². The fourth-order valence-corrected chi connectivity index (χ4v) is 3.24. The van der Waals surface area contributed by atoms with Gasteiger partial charge in [-0.1, -0.05) is 48.9 Å². The molecule has 0 radical (unpaired) electrons. The van der Waals surface area contributed by atoms with Crippen LogP contribution >= 0.6 is 11.6 Å². The fraction of sp³-hybridized carbons (Fsp3) is 0.368. The molecule has 1 saturated heterocycles. The van der Waals surface area contributed by atoms with Gasteiger partial charge < -0.3 is 4.90 Å². The van der Waals surface area contributed by atoms with E-state index in [2.05, 4.69) is 59.2 Å². The van der Waals surface area contributed by atoms with Crippen LogP contribution in [0.25, 0.3) is 0 Å². The van der Waals surface area contributed by atoms with Crippen molar-refractivity contribution in [2.45, 2.75) is 12.8 Å². The summed E-state index contributed by atoms with van der Waals surface area (Å²) in [6.07, 6.45) is 0. The minimum absolute atomic E-state index is 0.586. The molecule has 2 aromatic rings. The molecule has 1 atom stereocenters. The molecule has 0 aromatic heterocycles. The molecule has 1 fully saturated rings. The second-order valence-corrected chi connectivity index (χ2v) is 6.51. The van der Waals surface area contributed by atoms with Crippen molar-refractivity contribution in [1.29, 1.82) is 0 Å². The van der Waals surface area contributed by atoms with Crippen molar-refractivity contribution < 1.29 is 0 Å². The van der Waals surface area contributed by atoms with Crippen LogP contribution < -0.4 is 4.90 Å². The summed E-state index contributed by atoms with van der Waals surface area (Å²) in [7, 11) is 0. The second-order valence-electron chi connectivity index (χ2n) is 6.08. The fourth-order valence-electron chi connectivity index (χ4n) is 3.11. The van der Waals surface area contributed by atoms with Gasteiger partial charge in [0.05, 0.1) is 0 Å². The SMILES string of the molecule is C[C@H](CN1CCN(c2ccc(Cl)cc2)CC1)c1ccccc1. The average Bonchev–Trinajstić information content (AvgIpc) is 2.57. The van der Waals surface area contributed by atoms with Crippen LogP contribution in [0.1, 0.15) is 18.4 Å².